The van der Waals surface area contributed by atoms with Gasteiger partial charge in [-0.2, -0.15) is 13.2 Å². The molecule has 94 valence electrons. The molecule has 0 spiro atoms. The first-order valence-electron chi connectivity index (χ1n) is 4.31. The van der Waals surface area contributed by atoms with E-state index in [0.29, 0.717) is 0 Å². The highest BCUT2D eigenvalue weighted by molar-refractivity contribution is 6.31. The molecule has 4 nitrogen and oxygen atoms in total. The number of rotatable bonds is 2. The summed E-state index contributed by atoms with van der Waals surface area (Å²) >= 11 is 5.64. The summed E-state index contributed by atoms with van der Waals surface area (Å²) in [6.07, 6.45) is -4.80. The average Bonchev–Trinajstić information content (AvgIpc) is 2.14. The Morgan fingerprint density at radius 1 is 1.41 bits per heavy atom. The number of hydrogen-bond acceptors (Lipinski definition) is 2. The number of halogens is 4. The Hall–Kier alpha value is -1.63. The van der Waals surface area contributed by atoms with Gasteiger partial charge in [0.2, 0.25) is 0 Å². The van der Waals surface area contributed by atoms with Gasteiger partial charge in [-0.15, -0.1) is 0 Å². The van der Waals surface area contributed by atoms with Gasteiger partial charge in [0.25, 0.3) is 0 Å². The Kier molecular flexibility index (Phi) is 4.06. The number of ether oxygens (including phenoxy) is 1. The van der Waals surface area contributed by atoms with Gasteiger partial charge < -0.3 is 10.1 Å². The van der Waals surface area contributed by atoms with Gasteiger partial charge in [0.05, 0.1) is 12.8 Å². The molecule has 0 aromatic heterocycles. The molecule has 1 aromatic carbocycles. The highest BCUT2D eigenvalue weighted by Crippen LogP contribution is 2.27. The van der Waals surface area contributed by atoms with E-state index in [2.05, 4.69) is 0 Å². The topological polar surface area (TPSA) is 50.4 Å². The number of methoxy groups -OCH3 is 1. The number of amides is 2. The maximum atomic E-state index is 11.8. The number of alkyl halides is 3. The molecule has 0 radical (unpaired) electrons. The molecule has 1 aromatic rings. The Bertz CT molecular complexity index is 423. The van der Waals surface area contributed by atoms with Crippen molar-refractivity contribution in [3.05, 3.63) is 23.2 Å². The second-order valence-corrected chi connectivity index (χ2v) is 3.36. The van der Waals surface area contributed by atoms with E-state index in [-0.39, 0.29) is 16.5 Å². The van der Waals surface area contributed by atoms with Crippen molar-refractivity contribution in [2.45, 2.75) is 6.30 Å². The standard InChI is InChI=1S/C9H8ClF3N2O2/c1-17-7-3-2-5(10)4-6(7)14-8(16)15-9(11,12)13/h2-4H,1H3,(H2,14,15,16). The van der Waals surface area contributed by atoms with Gasteiger partial charge in [0.15, 0.2) is 0 Å². The van der Waals surface area contributed by atoms with Crippen LogP contribution in [0.25, 0.3) is 0 Å². The minimum atomic E-state index is -4.80. The lowest BCUT2D eigenvalue weighted by Crippen LogP contribution is -2.40. The third-order valence-corrected chi connectivity index (χ3v) is 1.90. The molecule has 1 rings (SSSR count). The number of carbonyl (C=O) groups excluding carboxylic acids is 1. The van der Waals surface area contributed by atoms with Crippen LogP contribution in [-0.2, 0) is 0 Å². The molecule has 0 saturated heterocycles. The molecule has 8 heteroatoms. The number of benzene rings is 1. The number of anilines is 1. The van der Waals surface area contributed by atoms with E-state index in [0.717, 1.165) is 5.32 Å². The Balaban J connectivity index is 2.80. The second-order valence-electron chi connectivity index (χ2n) is 2.92. The zero-order valence-electron chi connectivity index (χ0n) is 8.56. The molecule has 0 fully saturated rings. The summed E-state index contributed by atoms with van der Waals surface area (Å²) in [5.41, 5.74) is 0.0433. The fourth-order valence-electron chi connectivity index (χ4n) is 1.06. The van der Waals surface area contributed by atoms with Crippen LogP contribution in [0.2, 0.25) is 5.02 Å². The first kappa shape index (κ1) is 13.4. The molecular weight excluding hydrogens is 261 g/mol. The summed E-state index contributed by atoms with van der Waals surface area (Å²) in [6.45, 7) is 0. The predicted octanol–water partition coefficient (Wildman–Crippen LogP) is 2.99. The van der Waals surface area contributed by atoms with Gasteiger partial charge in [-0.25, -0.2) is 10.1 Å². The molecule has 0 saturated carbocycles. The second kappa shape index (κ2) is 5.13. The SMILES string of the molecule is COc1ccc(Cl)cc1NC(=O)NC(F)(F)F. The van der Waals surface area contributed by atoms with Crippen molar-refractivity contribution in [1.29, 1.82) is 0 Å². The minimum absolute atomic E-state index is 0.0433. The van der Waals surface area contributed by atoms with Crippen molar-refractivity contribution in [1.82, 2.24) is 5.32 Å². The van der Waals surface area contributed by atoms with Gasteiger partial charge >= 0.3 is 12.3 Å². The maximum absolute atomic E-state index is 11.8. The average molecular weight is 269 g/mol. The van der Waals surface area contributed by atoms with E-state index >= 15 is 0 Å². The van der Waals surface area contributed by atoms with E-state index < -0.39 is 12.3 Å². The zero-order valence-corrected chi connectivity index (χ0v) is 9.32. The maximum Gasteiger partial charge on any atom is 0.485 e. The van der Waals surface area contributed by atoms with Crippen LogP contribution in [-0.4, -0.2) is 19.4 Å². The third-order valence-electron chi connectivity index (χ3n) is 1.66. The number of nitrogens with one attached hydrogen (secondary N) is 2. The summed E-state index contributed by atoms with van der Waals surface area (Å²) in [6, 6.07) is 2.76. The molecule has 0 atom stereocenters. The van der Waals surface area contributed by atoms with Crippen molar-refractivity contribution in [3.63, 3.8) is 0 Å². The fourth-order valence-corrected chi connectivity index (χ4v) is 1.23. The third kappa shape index (κ3) is 4.39. The highest BCUT2D eigenvalue weighted by atomic mass is 35.5. The first-order valence-corrected chi connectivity index (χ1v) is 4.69. The van der Waals surface area contributed by atoms with Crippen LogP contribution in [0, 0.1) is 0 Å². The molecule has 0 aliphatic rings. The summed E-state index contributed by atoms with van der Waals surface area (Å²) in [5, 5.41) is 3.03. The van der Waals surface area contributed by atoms with Crippen LogP contribution in [0.15, 0.2) is 18.2 Å². The summed E-state index contributed by atoms with van der Waals surface area (Å²) < 4.78 is 40.4. The molecule has 0 bridgehead atoms. The Labute approximate surface area is 99.7 Å². The number of urea groups is 1. The molecular formula is C9H8ClF3N2O2. The quantitative estimate of drug-likeness (QED) is 0.810. The molecule has 0 aliphatic heterocycles. The van der Waals surface area contributed by atoms with Crippen LogP contribution >= 0.6 is 11.6 Å². The van der Waals surface area contributed by atoms with Gasteiger partial charge in [-0.1, -0.05) is 11.6 Å². The van der Waals surface area contributed by atoms with E-state index in [1.54, 1.807) is 0 Å². The van der Waals surface area contributed by atoms with Gasteiger partial charge in [0, 0.05) is 5.02 Å². The summed E-state index contributed by atoms with van der Waals surface area (Å²) in [4.78, 5) is 11.0. The van der Waals surface area contributed by atoms with E-state index in [9.17, 15) is 18.0 Å². The molecule has 0 heterocycles. The van der Waals surface area contributed by atoms with Crippen LogP contribution in [0.1, 0.15) is 0 Å². The van der Waals surface area contributed by atoms with Gasteiger partial charge in [-0.3, -0.25) is 0 Å². The summed E-state index contributed by atoms with van der Waals surface area (Å²) in [5.74, 6) is 0.201. The molecule has 0 unspecified atom stereocenters. The van der Waals surface area contributed by atoms with E-state index in [1.165, 1.54) is 25.3 Å². The summed E-state index contributed by atoms with van der Waals surface area (Å²) in [7, 11) is 1.32. The highest BCUT2D eigenvalue weighted by Gasteiger charge is 2.30. The van der Waals surface area contributed by atoms with Gasteiger partial charge in [0.1, 0.15) is 5.75 Å². The molecule has 0 aliphatic carbocycles. The van der Waals surface area contributed by atoms with Crippen molar-refractivity contribution in [2.24, 2.45) is 0 Å². The normalized spacial score (nSPS) is 10.9. The van der Waals surface area contributed by atoms with Crippen LogP contribution < -0.4 is 15.4 Å². The van der Waals surface area contributed by atoms with Crippen LogP contribution in [0.3, 0.4) is 0 Å². The van der Waals surface area contributed by atoms with Crippen molar-refractivity contribution in [3.8, 4) is 5.75 Å². The molecule has 2 amide bonds. The van der Waals surface area contributed by atoms with Crippen molar-refractivity contribution in [2.75, 3.05) is 12.4 Å². The largest absolute Gasteiger partial charge is 0.495 e. The molecule has 17 heavy (non-hydrogen) atoms. The fraction of sp³-hybridized carbons (Fsp3) is 0.222. The zero-order chi connectivity index (χ0) is 13.1. The lowest BCUT2D eigenvalue weighted by molar-refractivity contribution is -0.144. The van der Waals surface area contributed by atoms with Crippen molar-refractivity contribution < 1.29 is 22.7 Å². The number of carbonyl (C=O) groups is 1. The lowest BCUT2D eigenvalue weighted by Gasteiger charge is -2.12. The Morgan fingerprint density at radius 3 is 2.59 bits per heavy atom. The van der Waals surface area contributed by atoms with Crippen LogP contribution in [0.5, 0.6) is 5.75 Å². The van der Waals surface area contributed by atoms with Gasteiger partial charge in [-0.05, 0) is 18.2 Å². The predicted molar refractivity (Wildman–Crippen MR) is 56.2 cm³/mol. The van der Waals surface area contributed by atoms with E-state index in [4.69, 9.17) is 16.3 Å². The van der Waals surface area contributed by atoms with Crippen LogP contribution in [0.4, 0.5) is 23.7 Å². The monoisotopic (exact) mass is 268 g/mol. The molecule has 2 N–H and O–H groups in total. The smallest absolute Gasteiger partial charge is 0.485 e. The lowest BCUT2D eigenvalue weighted by atomic mass is 10.3. The van der Waals surface area contributed by atoms with Crippen molar-refractivity contribution >= 4 is 23.3 Å². The first-order chi connectivity index (χ1) is 7.81. The number of hydrogen-bond donors (Lipinski definition) is 2. The Morgan fingerprint density at radius 2 is 2.06 bits per heavy atom. The minimum Gasteiger partial charge on any atom is -0.495 e. The van der Waals surface area contributed by atoms with E-state index in [1.807, 2.05) is 5.32 Å².